The van der Waals surface area contributed by atoms with Crippen molar-refractivity contribution in [3.63, 3.8) is 0 Å². The van der Waals surface area contributed by atoms with Crippen LogP contribution in [0, 0.1) is 16.7 Å². The molecule has 1 aromatic rings. The number of ether oxygens (including phenoxy) is 2. The second-order valence-corrected chi connectivity index (χ2v) is 8.24. The van der Waals surface area contributed by atoms with Crippen molar-refractivity contribution in [2.45, 2.75) is 59.0 Å². The Hall–Kier alpha value is -1.84. The van der Waals surface area contributed by atoms with Crippen molar-refractivity contribution in [2.24, 2.45) is 16.7 Å². The third-order valence-electron chi connectivity index (χ3n) is 6.96. The number of hydrogen-bond acceptors (Lipinski definition) is 4. The maximum atomic E-state index is 12.3. The molecule has 0 aromatic heterocycles. The highest BCUT2D eigenvalue weighted by Crippen LogP contribution is 2.66. The van der Waals surface area contributed by atoms with Crippen LogP contribution in [0.5, 0.6) is 5.75 Å². The predicted molar refractivity (Wildman–Crippen MR) is 95.7 cm³/mol. The minimum atomic E-state index is -0.253. The lowest BCUT2D eigenvalue weighted by Crippen LogP contribution is -2.38. The molecule has 2 saturated carbocycles. The monoisotopic (exact) mass is 344 g/mol. The van der Waals surface area contributed by atoms with Crippen molar-refractivity contribution in [2.75, 3.05) is 7.11 Å². The minimum absolute atomic E-state index is 0.00941. The Morgan fingerprint density at radius 3 is 2.32 bits per heavy atom. The molecule has 0 N–H and O–H groups in total. The molecular weight excluding hydrogens is 316 g/mol. The lowest BCUT2D eigenvalue weighted by molar-refractivity contribution is -0.156. The molecule has 0 saturated heterocycles. The first-order chi connectivity index (χ1) is 11.8. The van der Waals surface area contributed by atoms with Crippen LogP contribution in [0.2, 0.25) is 0 Å². The average Bonchev–Trinajstić information content (AvgIpc) is 2.93. The van der Waals surface area contributed by atoms with Gasteiger partial charge in [0.05, 0.1) is 13.5 Å². The Kier molecular flexibility index (Phi) is 4.65. The van der Waals surface area contributed by atoms with E-state index in [9.17, 15) is 9.59 Å². The van der Waals surface area contributed by atoms with Crippen molar-refractivity contribution in [1.82, 2.24) is 0 Å². The number of benzene rings is 1. The van der Waals surface area contributed by atoms with Crippen molar-refractivity contribution < 1.29 is 19.1 Å². The van der Waals surface area contributed by atoms with E-state index >= 15 is 0 Å². The molecule has 4 heteroatoms. The van der Waals surface area contributed by atoms with Gasteiger partial charge in [0.2, 0.25) is 0 Å². The lowest BCUT2D eigenvalue weighted by Gasteiger charge is -2.38. The summed E-state index contributed by atoms with van der Waals surface area (Å²) in [5.74, 6) is 1.05. The number of Topliss-reactive ketones (excluding diaryl/α,β-unsaturated/α-hetero) is 1. The summed E-state index contributed by atoms with van der Waals surface area (Å²) in [5.41, 5.74) is 0.881. The van der Waals surface area contributed by atoms with E-state index in [1.54, 1.807) is 31.4 Å². The Morgan fingerprint density at radius 1 is 1.12 bits per heavy atom. The highest BCUT2D eigenvalue weighted by molar-refractivity contribution is 5.97. The molecule has 2 fully saturated rings. The minimum Gasteiger partial charge on any atom is -0.497 e. The first-order valence-corrected chi connectivity index (χ1v) is 9.14. The molecule has 136 valence electrons. The zero-order valence-electron chi connectivity index (χ0n) is 15.6. The van der Waals surface area contributed by atoms with Gasteiger partial charge in [0.15, 0.2) is 5.78 Å². The summed E-state index contributed by atoms with van der Waals surface area (Å²) in [7, 11) is 1.59. The van der Waals surface area contributed by atoms with Crippen molar-refractivity contribution in [3.8, 4) is 5.75 Å². The van der Waals surface area contributed by atoms with E-state index in [-0.39, 0.29) is 41.5 Å². The standard InChI is InChI=1S/C21H28O4/c1-20(2)15-11-12-21(20,3)18(13-15)25-19(23)10-9-17(22)14-5-7-16(24-4)8-6-14/h5-8,15,18H,9-13H2,1-4H3/t15-,18+,21+/m0/s1. The highest BCUT2D eigenvalue weighted by Gasteiger charge is 2.62. The number of rotatable bonds is 6. The summed E-state index contributed by atoms with van der Waals surface area (Å²) in [6, 6.07) is 6.96. The van der Waals surface area contributed by atoms with Gasteiger partial charge in [-0.25, -0.2) is 0 Å². The Balaban J connectivity index is 1.52. The molecular formula is C21H28O4. The Morgan fingerprint density at radius 2 is 1.80 bits per heavy atom. The number of carbonyl (C=O) groups is 2. The van der Waals surface area contributed by atoms with Gasteiger partial charge >= 0.3 is 5.97 Å². The van der Waals surface area contributed by atoms with Crippen LogP contribution >= 0.6 is 0 Å². The summed E-state index contributed by atoms with van der Waals surface area (Å²) < 4.78 is 10.9. The first-order valence-electron chi connectivity index (χ1n) is 9.14. The number of methoxy groups -OCH3 is 1. The predicted octanol–water partition coefficient (Wildman–Crippen LogP) is 4.42. The van der Waals surface area contributed by atoms with Gasteiger partial charge in [-0.05, 0) is 54.9 Å². The van der Waals surface area contributed by atoms with Crippen LogP contribution in [0.4, 0.5) is 0 Å². The zero-order chi connectivity index (χ0) is 18.2. The fourth-order valence-electron chi connectivity index (χ4n) is 4.66. The van der Waals surface area contributed by atoms with Gasteiger partial charge in [-0.1, -0.05) is 20.8 Å². The summed E-state index contributed by atoms with van der Waals surface area (Å²) in [6.45, 7) is 6.85. The van der Waals surface area contributed by atoms with E-state index in [0.717, 1.165) is 12.8 Å². The van der Waals surface area contributed by atoms with E-state index in [1.807, 2.05) is 0 Å². The molecule has 2 aliphatic carbocycles. The molecule has 4 nitrogen and oxygen atoms in total. The van der Waals surface area contributed by atoms with Crippen LogP contribution in [-0.4, -0.2) is 25.0 Å². The van der Waals surface area contributed by atoms with Crippen molar-refractivity contribution in [1.29, 1.82) is 0 Å². The molecule has 0 radical (unpaired) electrons. The molecule has 2 aliphatic rings. The van der Waals surface area contributed by atoms with E-state index in [0.29, 0.717) is 17.2 Å². The molecule has 0 unspecified atom stereocenters. The van der Waals surface area contributed by atoms with Crippen LogP contribution in [0.3, 0.4) is 0 Å². The smallest absolute Gasteiger partial charge is 0.306 e. The molecule has 0 spiro atoms. The van der Waals surface area contributed by atoms with Gasteiger partial charge in [-0.3, -0.25) is 9.59 Å². The normalized spacial score (nSPS) is 29.4. The maximum Gasteiger partial charge on any atom is 0.306 e. The summed E-state index contributed by atoms with van der Waals surface area (Å²) >= 11 is 0. The van der Waals surface area contributed by atoms with Crippen LogP contribution in [0.1, 0.15) is 63.2 Å². The molecule has 0 amide bonds. The van der Waals surface area contributed by atoms with E-state index in [4.69, 9.17) is 9.47 Å². The molecule has 3 rings (SSSR count). The van der Waals surface area contributed by atoms with Gasteiger partial charge in [0, 0.05) is 17.4 Å². The fraction of sp³-hybridized carbons (Fsp3) is 0.619. The molecule has 25 heavy (non-hydrogen) atoms. The molecule has 3 atom stereocenters. The molecule has 1 aromatic carbocycles. The van der Waals surface area contributed by atoms with Crippen LogP contribution in [0.15, 0.2) is 24.3 Å². The largest absolute Gasteiger partial charge is 0.497 e. The van der Waals surface area contributed by atoms with Crippen LogP contribution in [-0.2, 0) is 9.53 Å². The Bertz CT molecular complexity index is 661. The third-order valence-corrected chi connectivity index (χ3v) is 6.96. The first kappa shape index (κ1) is 18.0. The number of carbonyl (C=O) groups excluding carboxylic acids is 2. The highest BCUT2D eigenvalue weighted by atomic mass is 16.5. The van der Waals surface area contributed by atoms with E-state index in [2.05, 4.69) is 20.8 Å². The number of hydrogen-bond donors (Lipinski definition) is 0. The molecule has 2 bridgehead atoms. The maximum absolute atomic E-state index is 12.3. The van der Waals surface area contributed by atoms with Gasteiger partial charge in [0.25, 0.3) is 0 Å². The van der Waals surface area contributed by atoms with E-state index in [1.165, 1.54) is 6.42 Å². The van der Waals surface area contributed by atoms with Crippen molar-refractivity contribution in [3.05, 3.63) is 29.8 Å². The fourth-order valence-corrected chi connectivity index (χ4v) is 4.66. The summed E-state index contributed by atoms with van der Waals surface area (Å²) in [6.07, 6.45) is 3.62. The lowest BCUT2D eigenvalue weighted by atomic mass is 9.70. The second-order valence-electron chi connectivity index (χ2n) is 8.24. The quantitative estimate of drug-likeness (QED) is 0.566. The Labute approximate surface area is 149 Å². The number of esters is 1. The summed E-state index contributed by atoms with van der Waals surface area (Å²) in [4.78, 5) is 24.5. The van der Waals surface area contributed by atoms with Gasteiger partial charge in [-0.2, -0.15) is 0 Å². The van der Waals surface area contributed by atoms with Crippen LogP contribution in [0.25, 0.3) is 0 Å². The van der Waals surface area contributed by atoms with E-state index < -0.39 is 0 Å². The van der Waals surface area contributed by atoms with Gasteiger partial charge in [-0.15, -0.1) is 0 Å². The van der Waals surface area contributed by atoms with Gasteiger partial charge in [0.1, 0.15) is 11.9 Å². The van der Waals surface area contributed by atoms with Crippen LogP contribution < -0.4 is 4.74 Å². The second kappa shape index (κ2) is 6.47. The summed E-state index contributed by atoms with van der Waals surface area (Å²) in [5, 5.41) is 0. The molecule has 0 heterocycles. The van der Waals surface area contributed by atoms with Gasteiger partial charge < -0.3 is 9.47 Å². The molecule has 0 aliphatic heterocycles. The SMILES string of the molecule is COc1ccc(C(=O)CCC(=O)O[C@@H]2C[C@@H]3CC[C@@]2(C)C3(C)C)cc1. The van der Waals surface area contributed by atoms with Crippen molar-refractivity contribution >= 4 is 11.8 Å². The zero-order valence-corrected chi connectivity index (χ0v) is 15.6. The average molecular weight is 344 g/mol. The topological polar surface area (TPSA) is 52.6 Å². The number of ketones is 1. The number of fused-ring (bicyclic) bond motifs is 2. The third kappa shape index (κ3) is 3.07.